The molecule has 0 fully saturated rings. The Morgan fingerprint density at radius 3 is 2.44 bits per heavy atom. The van der Waals surface area contributed by atoms with E-state index in [0.717, 1.165) is 29.6 Å². The van der Waals surface area contributed by atoms with E-state index in [2.05, 4.69) is 54.0 Å². The molecular formula is C12H22BrN3. The van der Waals surface area contributed by atoms with Gasteiger partial charge in [0, 0.05) is 19.1 Å². The third-order valence-corrected chi connectivity index (χ3v) is 4.04. The Kier molecular flexibility index (Phi) is 4.56. The number of halogens is 1. The maximum atomic E-state index is 4.48. The molecule has 0 unspecified atom stereocenters. The van der Waals surface area contributed by atoms with Gasteiger partial charge in [0.05, 0.1) is 15.9 Å². The van der Waals surface area contributed by atoms with Gasteiger partial charge in [-0.25, -0.2) is 0 Å². The fourth-order valence-electron chi connectivity index (χ4n) is 1.46. The summed E-state index contributed by atoms with van der Waals surface area (Å²) in [6.07, 6.45) is 2.08. The predicted molar refractivity (Wildman–Crippen MR) is 71.5 cm³/mol. The first-order chi connectivity index (χ1) is 7.41. The lowest BCUT2D eigenvalue weighted by Gasteiger charge is -2.24. The molecule has 0 spiro atoms. The van der Waals surface area contributed by atoms with Crippen LogP contribution in [0.1, 0.15) is 45.5 Å². The van der Waals surface area contributed by atoms with E-state index < -0.39 is 0 Å². The SMILES string of the molecule is CCc1nn(C)c(CNC(C)(C)CC)c1Br. The van der Waals surface area contributed by atoms with Crippen LogP contribution in [-0.4, -0.2) is 15.3 Å². The number of aromatic nitrogens is 2. The number of aryl methyl sites for hydroxylation is 2. The second kappa shape index (κ2) is 5.32. The zero-order valence-corrected chi connectivity index (χ0v) is 12.5. The van der Waals surface area contributed by atoms with Gasteiger partial charge in [0.25, 0.3) is 0 Å². The first kappa shape index (κ1) is 13.7. The van der Waals surface area contributed by atoms with Crippen molar-refractivity contribution in [3.05, 3.63) is 15.9 Å². The van der Waals surface area contributed by atoms with Crippen molar-refractivity contribution in [1.82, 2.24) is 15.1 Å². The van der Waals surface area contributed by atoms with E-state index in [-0.39, 0.29) is 5.54 Å². The third-order valence-electron chi connectivity index (χ3n) is 3.12. The minimum atomic E-state index is 0.177. The van der Waals surface area contributed by atoms with E-state index >= 15 is 0 Å². The summed E-state index contributed by atoms with van der Waals surface area (Å²) in [4.78, 5) is 0. The first-order valence-corrected chi connectivity index (χ1v) is 6.65. The molecule has 0 atom stereocenters. The van der Waals surface area contributed by atoms with Crippen LogP contribution in [0.5, 0.6) is 0 Å². The molecule has 1 rings (SSSR count). The van der Waals surface area contributed by atoms with Gasteiger partial charge in [-0.1, -0.05) is 13.8 Å². The molecule has 4 heteroatoms. The van der Waals surface area contributed by atoms with E-state index in [9.17, 15) is 0 Å². The molecule has 92 valence electrons. The van der Waals surface area contributed by atoms with Crippen molar-refractivity contribution in [2.75, 3.05) is 0 Å². The fraction of sp³-hybridized carbons (Fsp3) is 0.750. The Hall–Kier alpha value is -0.350. The Labute approximate surface area is 107 Å². The van der Waals surface area contributed by atoms with Gasteiger partial charge >= 0.3 is 0 Å². The molecule has 1 aromatic heterocycles. The lowest BCUT2D eigenvalue weighted by molar-refractivity contribution is 0.368. The van der Waals surface area contributed by atoms with Crippen molar-refractivity contribution < 1.29 is 0 Å². The highest BCUT2D eigenvalue weighted by Crippen LogP contribution is 2.22. The van der Waals surface area contributed by atoms with E-state index in [1.54, 1.807) is 0 Å². The standard InChI is InChI=1S/C12H22BrN3/c1-6-9-11(13)10(16(5)15-9)8-14-12(3,4)7-2/h14H,6-8H2,1-5H3. The third kappa shape index (κ3) is 3.08. The summed E-state index contributed by atoms with van der Waals surface area (Å²) in [5.41, 5.74) is 2.53. The molecule has 16 heavy (non-hydrogen) atoms. The first-order valence-electron chi connectivity index (χ1n) is 5.86. The van der Waals surface area contributed by atoms with Crippen molar-refractivity contribution in [1.29, 1.82) is 0 Å². The van der Waals surface area contributed by atoms with Crippen LogP contribution in [0.2, 0.25) is 0 Å². The van der Waals surface area contributed by atoms with Crippen LogP contribution in [0.15, 0.2) is 4.47 Å². The number of hydrogen-bond donors (Lipinski definition) is 1. The maximum absolute atomic E-state index is 4.48. The Bertz CT molecular complexity index is 355. The lowest BCUT2D eigenvalue weighted by atomic mass is 10.0. The summed E-state index contributed by atoms with van der Waals surface area (Å²) in [5, 5.41) is 8.04. The Balaban J connectivity index is 2.78. The van der Waals surface area contributed by atoms with Crippen molar-refractivity contribution in [2.24, 2.45) is 7.05 Å². The minimum absolute atomic E-state index is 0.177. The van der Waals surface area contributed by atoms with E-state index in [1.165, 1.54) is 5.69 Å². The van der Waals surface area contributed by atoms with Gasteiger partial charge in [0.2, 0.25) is 0 Å². The van der Waals surface area contributed by atoms with Gasteiger partial charge in [0.1, 0.15) is 0 Å². The summed E-state index contributed by atoms with van der Waals surface area (Å²) in [6, 6.07) is 0. The van der Waals surface area contributed by atoms with Gasteiger partial charge in [0.15, 0.2) is 0 Å². The van der Waals surface area contributed by atoms with E-state index in [4.69, 9.17) is 0 Å². The minimum Gasteiger partial charge on any atom is -0.306 e. The smallest absolute Gasteiger partial charge is 0.0767 e. The zero-order chi connectivity index (χ0) is 12.3. The van der Waals surface area contributed by atoms with Gasteiger partial charge < -0.3 is 5.32 Å². The van der Waals surface area contributed by atoms with Crippen molar-refractivity contribution in [3.63, 3.8) is 0 Å². The van der Waals surface area contributed by atoms with Gasteiger partial charge in [-0.3, -0.25) is 4.68 Å². The molecule has 0 bridgehead atoms. The largest absolute Gasteiger partial charge is 0.306 e. The predicted octanol–water partition coefficient (Wildman–Crippen LogP) is 3.02. The normalized spacial score (nSPS) is 12.1. The number of nitrogens with zero attached hydrogens (tertiary/aromatic N) is 2. The Morgan fingerprint density at radius 2 is 2.00 bits per heavy atom. The average Bonchev–Trinajstić information content (AvgIpc) is 2.51. The molecular weight excluding hydrogens is 266 g/mol. The van der Waals surface area contributed by atoms with Crippen LogP contribution in [0.3, 0.4) is 0 Å². The summed E-state index contributed by atoms with van der Waals surface area (Å²) >= 11 is 3.63. The van der Waals surface area contributed by atoms with Crippen LogP contribution >= 0.6 is 15.9 Å². The molecule has 1 heterocycles. The quantitative estimate of drug-likeness (QED) is 0.902. The molecule has 0 radical (unpaired) electrons. The van der Waals surface area contributed by atoms with E-state index in [1.807, 2.05) is 11.7 Å². The number of nitrogens with one attached hydrogen (secondary N) is 1. The van der Waals surface area contributed by atoms with Crippen LogP contribution in [-0.2, 0) is 20.0 Å². The van der Waals surface area contributed by atoms with Crippen LogP contribution in [0, 0.1) is 0 Å². The Morgan fingerprint density at radius 1 is 1.38 bits per heavy atom. The van der Waals surface area contributed by atoms with Crippen molar-refractivity contribution in [2.45, 2.75) is 52.6 Å². The van der Waals surface area contributed by atoms with Crippen molar-refractivity contribution >= 4 is 15.9 Å². The van der Waals surface area contributed by atoms with Crippen LogP contribution in [0.25, 0.3) is 0 Å². The van der Waals surface area contributed by atoms with Gasteiger partial charge in [-0.15, -0.1) is 0 Å². The molecule has 1 N–H and O–H groups in total. The molecule has 0 aromatic carbocycles. The highest BCUT2D eigenvalue weighted by molar-refractivity contribution is 9.10. The highest BCUT2D eigenvalue weighted by Gasteiger charge is 2.17. The topological polar surface area (TPSA) is 29.9 Å². The summed E-state index contributed by atoms with van der Waals surface area (Å²) in [6.45, 7) is 9.62. The fourth-order valence-corrected chi connectivity index (χ4v) is 2.22. The number of rotatable bonds is 5. The average molecular weight is 288 g/mol. The molecule has 1 aromatic rings. The molecule has 0 amide bonds. The second-order valence-electron chi connectivity index (χ2n) is 4.78. The monoisotopic (exact) mass is 287 g/mol. The summed E-state index contributed by atoms with van der Waals surface area (Å²) in [7, 11) is 2.00. The number of hydrogen-bond acceptors (Lipinski definition) is 2. The molecule has 0 aliphatic carbocycles. The van der Waals surface area contributed by atoms with Crippen LogP contribution in [0.4, 0.5) is 0 Å². The molecule has 0 saturated heterocycles. The van der Waals surface area contributed by atoms with E-state index in [0.29, 0.717) is 0 Å². The molecule has 3 nitrogen and oxygen atoms in total. The zero-order valence-electron chi connectivity index (χ0n) is 10.9. The highest BCUT2D eigenvalue weighted by atomic mass is 79.9. The summed E-state index contributed by atoms with van der Waals surface area (Å²) in [5.74, 6) is 0. The lowest BCUT2D eigenvalue weighted by Crippen LogP contribution is -2.38. The maximum Gasteiger partial charge on any atom is 0.0767 e. The molecule has 0 aliphatic heterocycles. The van der Waals surface area contributed by atoms with Crippen LogP contribution < -0.4 is 5.32 Å². The second-order valence-corrected chi connectivity index (χ2v) is 5.57. The summed E-state index contributed by atoms with van der Waals surface area (Å²) < 4.78 is 3.11. The molecule has 0 aliphatic rings. The van der Waals surface area contributed by atoms with Crippen molar-refractivity contribution in [3.8, 4) is 0 Å². The van der Waals surface area contributed by atoms with Gasteiger partial charge in [-0.05, 0) is 42.6 Å². The molecule has 0 saturated carbocycles. The van der Waals surface area contributed by atoms with Gasteiger partial charge in [-0.2, -0.15) is 5.10 Å².